The molecule has 0 aromatic heterocycles. The maximum atomic E-state index is 12.6. The Morgan fingerprint density at radius 1 is 0.885 bits per heavy atom. The summed E-state index contributed by atoms with van der Waals surface area (Å²) < 4.78 is 0. The zero-order valence-corrected chi connectivity index (χ0v) is 17.1. The van der Waals surface area contributed by atoms with Crippen molar-refractivity contribution in [3.63, 3.8) is 0 Å². The molecule has 2 saturated heterocycles. The molecule has 2 rings (SSSR count). The lowest BCUT2D eigenvalue weighted by Crippen LogP contribution is -2.53. The molecule has 2 fully saturated rings. The normalized spacial score (nSPS) is 22.4. The first-order valence-electron chi connectivity index (χ1n) is 10.6. The van der Waals surface area contributed by atoms with Gasteiger partial charge in [0.2, 0.25) is 11.8 Å². The van der Waals surface area contributed by atoms with E-state index in [-0.39, 0.29) is 11.8 Å². The van der Waals surface area contributed by atoms with Crippen molar-refractivity contribution in [3.8, 4) is 0 Å². The average Bonchev–Trinajstić information content (AvgIpc) is 2.63. The van der Waals surface area contributed by atoms with Crippen LogP contribution in [0.2, 0.25) is 0 Å². The molecule has 0 aliphatic carbocycles. The van der Waals surface area contributed by atoms with E-state index in [4.69, 9.17) is 0 Å². The monoisotopic (exact) mass is 366 g/mol. The van der Waals surface area contributed by atoms with Gasteiger partial charge in [0, 0.05) is 51.9 Å². The topological polar surface area (TPSA) is 47.1 Å². The molecule has 2 heterocycles. The highest BCUT2D eigenvalue weighted by molar-refractivity contribution is 5.79. The summed E-state index contributed by atoms with van der Waals surface area (Å²) in [6, 6.07) is 0.387. The molecule has 0 N–H and O–H groups in total. The van der Waals surface area contributed by atoms with Gasteiger partial charge in [-0.15, -0.1) is 0 Å². The van der Waals surface area contributed by atoms with Crippen LogP contribution in [-0.2, 0) is 9.59 Å². The predicted molar refractivity (Wildman–Crippen MR) is 105 cm³/mol. The Morgan fingerprint density at radius 2 is 1.46 bits per heavy atom. The summed E-state index contributed by atoms with van der Waals surface area (Å²) in [5.74, 6) is 0.527. The van der Waals surface area contributed by atoms with Gasteiger partial charge in [-0.2, -0.15) is 0 Å². The molecule has 0 spiro atoms. The van der Waals surface area contributed by atoms with E-state index in [0.717, 1.165) is 71.5 Å². The number of rotatable bonds is 8. The molecule has 1 unspecified atom stereocenters. The van der Waals surface area contributed by atoms with Gasteiger partial charge in [-0.25, -0.2) is 0 Å². The Labute approximate surface area is 159 Å². The summed E-state index contributed by atoms with van der Waals surface area (Å²) in [7, 11) is 0. The Balaban J connectivity index is 1.72. The van der Waals surface area contributed by atoms with Crippen LogP contribution in [0.25, 0.3) is 0 Å². The quantitative estimate of drug-likeness (QED) is 0.655. The maximum Gasteiger partial charge on any atom is 0.236 e. The van der Waals surface area contributed by atoms with E-state index >= 15 is 0 Å². The van der Waals surface area contributed by atoms with Crippen LogP contribution in [0.3, 0.4) is 0 Å². The van der Waals surface area contributed by atoms with E-state index in [0.29, 0.717) is 19.1 Å². The fourth-order valence-electron chi connectivity index (χ4n) is 4.05. The number of amides is 2. The zero-order valence-electron chi connectivity index (χ0n) is 17.1. The molecule has 0 aromatic rings. The van der Waals surface area contributed by atoms with Gasteiger partial charge in [-0.1, -0.05) is 13.8 Å². The number of likely N-dealkylation sites (tertiary alicyclic amines) is 1. The van der Waals surface area contributed by atoms with Crippen LogP contribution in [0.4, 0.5) is 0 Å². The summed E-state index contributed by atoms with van der Waals surface area (Å²) in [6.45, 7) is 13.6. The van der Waals surface area contributed by atoms with E-state index < -0.39 is 0 Å². The van der Waals surface area contributed by atoms with Crippen LogP contribution in [0.5, 0.6) is 0 Å². The smallest absolute Gasteiger partial charge is 0.236 e. The molecule has 0 radical (unpaired) electrons. The van der Waals surface area contributed by atoms with E-state index in [1.54, 1.807) is 0 Å². The van der Waals surface area contributed by atoms with Crippen LogP contribution >= 0.6 is 0 Å². The van der Waals surface area contributed by atoms with Crippen molar-refractivity contribution in [2.75, 3.05) is 58.9 Å². The second-order valence-corrected chi connectivity index (χ2v) is 7.87. The maximum absolute atomic E-state index is 12.6. The Kier molecular flexibility index (Phi) is 8.85. The van der Waals surface area contributed by atoms with Gasteiger partial charge in [0.05, 0.1) is 13.1 Å². The van der Waals surface area contributed by atoms with Crippen molar-refractivity contribution in [1.82, 2.24) is 19.6 Å². The third-order valence-corrected chi connectivity index (χ3v) is 5.65. The largest absolute Gasteiger partial charge is 0.342 e. The van der Waals surface area contributed by atoms with Gasteiger partial charge in [0.25, 0.3) is 0 Å². The molecule has 6 nitrogen and oxygen atoms in total. The number of piperazine rings is 1. The van der Waals surface area contributed by atoms with Crippen LogP contribution in [0.1, 0.15) is 52.9 Å². The predicted octanol–water partition coefficient (Wildman–Crippen LogP) is 1.65. The molecular formula is C20H38N4O2. The number of piperidine rings is 1. The van der Waals surface area contributed by atoms with E-state index in [2.05, 4.69) is 35.5 Å². The number of nitrogens with zero attached hydrogens (tertiary/aromatic N) is 4. The summed E-state index contributed by atoms with van der Waals surface area (Å²) in [5.41, 5.74) is 0. The molecule has 0 bridgehead atoms. The number of hydrogen-bond acceptors (Lipinski definition) is 4. The van der Waals surface area contributed by atoms with Gasteiger partial charge in [0.15, 0.2) is 0 Å². The van der Waals surface area contributed by atoms with Crippen molar-refractivity contribution < 1.29 is 9.59 Å². The standard InChI is InChI=1S/C20H38N4O2/c1-4-9-23(10-5-2)19(25)16-21-12-14-22(15-13-21)17-20(26)24-11-7-6-8-18(24)3/h18H,4-17H2,1-3H3. The first kappa shape index (κ1) is 21.2. The highest BCUT2D eigenvalue weighted by Crippen LogP contribution is 2.17. The molecule has 2 amide bonds. The summed E-state index contributed by atoms with van der Waals surface area (Å²) in [4.78, 5) is 33.6. The summed E-state index contributed by atoms with van der Waals surface area (Å²) >= 11 is 0. The van der Waals surface area contributed by atoms with Crippen molar-refractivity contribution in [1.29, 1.82) is 0 Å². The molecule has 1 atom stereocenters. The van der Waals surface area contributed by atoms with Crippen LogP contribution in [0, 0.1) is 0 Å². The first-order valence-corrected chi connectivity index (χ1v) is 10.6. The molecule has 26 heavy (non-hydrogen) atoms. The first-order chi connectivity index (χ1) is 12.5. The summed E-state index contributed by atoms with van der Waals surface area (Å²) in [6.07, 6.45) is 5.53. The van der Waals surface area contributed by atoms with Gasteiger partial charge in [-0.3, -0.25) is 19.4 Å². The Morgan fingerprint density at radius 3 is 2.00 bits per heavy atom. The molecule has 0 aromatic carbocycles. The molecule has 2 aliphatic rings. The fraction of sp³-hybridized carbons (Fsp3) is 0.900. The van der Waals surface area contributed by atoms with Crippen molar-refractivity contribution in [2.24, 2.45) is 0 Å². The van der Waals surface area contributed by atoms with Gasteiger partial charge >= 0.3 is 0 Å². The third-order valence-electron chi connectivity index (χ3n) is 5.65. The molecule has 0 saturated carbocycles. The van der Waals surface area contributed by atoms with Crippen molar-refractivity contribution in [3.05, 3.63) is 0 Å². The lowest BCUT2D eigenvalue weighted by atomic mass is 10.0. The fourth-order valence-corrected chi connectivity index (χ4v) is 4.05. The van der Waals surface area contributed by atoms with E-state index in [1.807, 2.05) is 4.90 Å². The average molecular weight is 367 g/mol. The molecule has 150 valence electrons. The molecular weight excluding hydrogens is 328 g/mol. The minimum Gasteiger partial charge on any atom is -0.342 e. The lowest BCUT2D eigenvalue weighted by Gasteiger charge is -2.38. The number of carbonyl (C=O) groups excluding carboxylic acids is 2. The van der Waals surface area contributed by atoms with Crippen LogP contribution in [0.15, 0.2) is 0 Å². The molecule has 2 aliphatic heterocycles. The van der Waals surface area contributed by atoms with Crippen molar-refractivity contribution in [2.45, 2.75) is 58.9 Å². The molecule has 6 heteroatoms. The highest BCUT2D eigenvalue weighted by atomic mass is 16.2. The Bertz CT molecular complexity index is 443. The highest BCUT2D eigenvalue weighted by Gasteiger charge is 2.27. The van der Waals surface area contributed by atoms with E-state index in [1.165, 1.54) is 6.42 Å². The van der Waals surface area contributed by atoms with Gasteiger partial charge in [0.1, 0.15) is 0 Å². The Hall–Kier alpha value is -1.14. The third kappa shape index (κ3) is 6.23. The minimum absolute atomic E-state index is 0.250. The van der Waals surface area contributed by atoms with Crippen molar-refractivity contribution >= 4 is 11.8 Å². The number of carbonyl (C=O) groups is 2. The van der Waals surface area contributed by atoms with Gasteiger partial charge < -0.3 is 9.80 Å². The van der Waals surface area contributed by atoms with Crippen LogP contribution in [-0.4, -0.2) is 96.4 Å². The van der Waals surface area contributed by atoms with Crippen LogP contribution < -0.4 is 0 Å². The van der Waals surface area contributed by atoms with Gasteiger partial charge in [-0.05, 0) is 39.0 Å². The zero-order chi connectivity index (χ0) is 18.9. The minimum atomic E-state index is 0.250. The van der Waals surface area contributed by atoms with E-state index in [9.17, 15) is 9.59 Å². The lowest BCUT2D eigenvalue weighted by molar-refractivity contribution is -0.137. The second-order valence-electron chi connectivity index (χ2n) is 7.87. The SMILES string of the molecule is CCCN(CCC)C(=O)CN1CCN(CC(=O)N2CCCCC2C)CC1. The summed E-state index contributed by atoms with van der Waals surface area (Å²) in [5, 5.41) is 0. The number of hydrogen-bond donors (Lipinski definition) is 0. The second kappa shape index (κ2) is 10.9.